The van der Waals surface area contributed by atoms with Crippen LogP contribution in [0.3, 0.4) is 0 Å². The van der Waals surface area contributed by atoms with Crippen LogP contribution in [0.1, 0.15) is 0 Å². The second kappa shape index (κ2) is 4.57. The summed E-state index contributed by atoms with van der Waals surface area (Å²) in [5, 5.41) is 4.12. The molecule has 0 atom stereocenters. The number of aromatic nitrogens is 2. The summed E-state index contributed by atoms with van der Waals surface area (Å²) >= 11 is 14.8. The first kappa shape index (κ1) is 11.6. The van der Waals surface area contributed by atoms with Crippen molar-refractivity contribution >= 4 is 39.1 Å². The molecule has 0 radical (unpaired) electrons. The minimum atomic E-state index is -0.395. The molecular formula is C10H5BrCl2N2O. The molecule has 0 unspecified atom stereocenters. The SMILES string of the molecule is O=c1c(Cl)cc(Cl)nn1-c1ccc(Br)cc1. The van der Waals surface area contributed by atoms with E-state index in [0.717, 1.165) is 9.15 Å². The summed E-state index contributed by atoms with van der Waals surface area (Å²) in [4.78, 5) is 11.7. The number of rotatable bonds is 1. The summed E-state index contributed by atoms with van der Waals surface area (Å²) in [6.45, 7) is 0. The van der Waals surface area contributed by atoms with Crippen LogP contribution in [-0.4, -0.2) is 9.78 Å². The van der Waals surface area contributed by atoms with Crippen LogP contribution in [0.15, 0.2) is 39.6 Å². The fraction of sp³-hybridized carbons (Fsp3) is 0. The van der Waals surface area contributed by atoms with Crippen molar-refractivity contribution in [3.05, 3.63) is 55.3 Å². The normalized spacial score (nSPS) is 10.4. The molecule has 0 amide bonds. The lowest BCUT2D eigenvalue weighted by molar-refractivity contribution is 0.807. The molecule has 1 aromatic heterocycles. The number of nitrogens with zero attached hydrogens (tertiary/aromatic N) is 2. The molecule has 0 saturated carbocycles. The number of hydrogen-bond donors (Lipinski definition) is 0. The Labute approximate surface area is 110 Å². The third-order valence-corrected chi connectivity index (χ3v) is 2.89. The first-order valence-electron chi connectivity index (χ1n) is 4.29. The van der Waals surface area contributed by atoms with Gasteiger partial charge in [-0.3, -0.25) is 4.79 Å². The molecular weight excluding hydrogens is 315 g/mol. The quantitative estimate of drug-likeness (QED) is 0.808. The molecule has 0 aliphatic heterocycles. The molecule has 0 N–H and O–H groups in total. The number of halogens is 3. The fourth-order valence-corrected chi connectivity index (χ4v) is 1.88. The Morgan fingerprint density at radius 3 is 2.44 bits per heavy atom. The molecule has 1 aromatic carbocycles. The maximum atomic E-state index is 11.7. The summed E-state index contributed by atoms with van der Waals surface area (Å²) in [5.74, 6) is 0. The van der Waals surface area contributed by atoms with Crippen LogP contribution in [0, 0.1) is 0 Å². The molecule has 0 saturated heterocycles. The van der Waals surface area contributed by atoms with Crippen LogP contribution >= 0.6 is 39.1 Å². The van der Waals surface area contributed by atoms with Crippen molar-refractivity contribution in [2.24, 2.45) is 0 Å². The Morgan fingerprint density at radius 2 is 1.81 bits per heavy atom. The van der Waals surface area contributed by atoms with Crippen LogP contribution in [0.25, 0.3) is 5.69 Å². The molecule has 0 aliphatic carbocycles. The highest BCUT2D eigenvalue weighted by atomic mass is 79.9. The van der Waals surface area contributed by atoms with Gasteiger partial charge in [0.05, 0.1) is 5.69 Å². The zero-order chi connectivity index (χ0) is 11.7. The molecule has 6 heteroatoms. The van der Waals surface area contributed by atoms with Gasteiger partial charge in [-0.1, -0.05) is 39.1 Å². The average Bonchev–Trinajstić information content (AvgIpc) is 2.25. The lowest BCUT2D eigenvalue weighted by Gasteiger charge is -2.05. The zero-order valence-electron chi connectivity index (χ0n) is 7.82. The van der Waals surface area contributed by atoms with Crippen molar-refractivity contribution in [3.8, 4) is 5.69 Å². The highest BCUT2D eigenvalue weighted by Gasteiger charge is 2.06. The van der Waals surface area contributed by atoms with Gasteiger partial charge in [0.2, 0.25) is 0 Å². The van der Waals surface area contributed by atoms with Crippen molar-refractivity contribution in [2.75, 3.05) is 0 Å². The highest BCUT2D eigenvalue weighted by molar-refractivity contribution is 9.10. The Hall–Kier alpha value is -0.840. The van der Waals surface area contributed by atoms with Gasteiger partial charge in [0.25, 0.3) is 5.56 Å². The Balaban J connectivity index is 2.64. The van der Waals surface area contributed by atoms with Crippen LogP contribution < -0.4 is 5.56 Å². The topological polar surface area (TPSA) is 34.9 Å². The molecule has 0 spiro atoms. The van der Waals surface area contributed by atoms with Crippen LogP contribution in [0.5, 0.6) is 0 Å². The summed E-state index contributed by atoms with van der Waals surface area (Å²) in [5.41, 5.74) is 0.214. The van der Waals surface area contributed by atoms with Crippen molar-refractivity contribution in [1.29, 1.82) is 0 Å². The summed E-state index contributed by atoms with van der Waals surface area (Å²) < 4.78 is 2.08. The third kappa shape index (κ3) is 2.29. The first-order chi connectivity index (χ1) is 7.58. The standard InChI is InChI=1S/C10H5BrCl2N2O/c11-6-1-3-7(4-2-6)15-10(16)8(12)5-9(13)14-15/h1-5H. The minimum Gasteiger partial charge on any atom is -0.266 e. The number of benzene rings is 1. The maximum absolute atomic E-state index is 11.7. The minimum absolute atomic E-state index is 0.0444. The van der Waals surface area contributed by atoms with Gasteiger partial charge in [-0.25, -0.2) is 0 Å². The highest BCUT2D eigenvalue weighted by Crippen LogP contribution is 2.14. The summed E-state index contributed by atoms with van der Waals surface area (Å²) in [7, 11) is 0. The first-order valence-corrected chi connectivity index (χ1v) is 5.84. The molecule has 0 aliphatic rings. The zero-order valence-corrected chi connectivity index (χ0v) is 10.9. The average molecular weight is 320 g/mol. The molecule has 0 fully saturated rings. The predicted molar refractivity (Wildman–Crippen MR) is 67.6 cm³/mol. The van der Waals surface area contributed by atoms with Gasteiger partial charge in [0.1, 0.15) is 5.02 Å². The van der Waals surface area contributed by atoms with Crippen molar-refractivity contribution in [3.63, 3.8) is 0 Å². The van der Waals surface area contributed by atoms with Crippen LogP contribution in [0.4, 0.5) is 0 Å². The van der Waals surface area contributed by atoms with Gasteiger partial charge in [0.15, 0.2) is 5.15 Å². The van der Waals surface area contributed by atoms with E-state index in [4.69, 9.17) is 23.2 Å². The van der Waals surface area contributed by atoms with E-state index in [-0.39, 0.29) is 10.2 Å². The van der Waals surface area contributed by atoms with E-state index in [9.17, 15) is 4.79 Å². The Morgan fingerprint density at radius 1 is 1.19 bits per heavy atom. The van der Waals surface area contributed by atoms with E-state index in [1.165, 1.54) is 6.07 Å². The van der Waals surface area contributed by atoms with E-state index in [0.29, 0.717) is 5.69 Å². The Kier molecular flexibility index (Phi) is 3.33. The van der Waals surface area contributed by atoms with Crippen molar-refractivity contribution < 1.29 is 0 Å². The molecule has 2 rings (SSSR count). The lowest BCUT2D eigenvalue weighted by Crippen LogP contribution is -2.21. The molecule has 82 valence electrons. The summed E-state index contributed by atoms with van der Waals surface area (Å²) in [6.07, 6.45) is 0. The monoisotopic (exact) mass is 318 g/mol. The van der Waals surface area contributed by atoms with Crippen LogP contribution in [0.2, 0.25) is 10.2 Å². The molecule has 3 nitrogen and oxygen atoms in total. The number of hydrogen-bond acceptors (Lipinski definition) is 2. The predicted octanol–water partition coefficient (Wildman–Crippen LogP) is 3.30. The van der Waals surface area contributed by atoms with Gasteiger partial charge in [-0.15, -0.1) is 0 Å². The largest absolute Gasteiger partial charge is 0.290 e. The Bertz CT molecular complexity index is 580. The van der Waals surface area contributed by atoms with Gasteiger partial charge in [-0.05, 0) is 24.3 Å². The van der Waals surface area contributed by atoms with Gasteiger partial charge in [-0.2, -0.15) is 9.78 Å². The van der Waals surface area contributed by atoms with E-state index >= 15 is 0 Å². The van der Waals surface area contributed by atoms with Gasteiger partial charge in [0, 0.05) is 10.5 Å². The van der Waals surface area contributed by atoms with Crippen molar-refractivity contribution in [1.82, 2.24) is 9.78 Å². The third-order valence-electron chi connectivity index (χ3n) is 1.91. The van der Waals surface area contributed by atoms with E-state index < -0.39 is 5.56 Å². The second-order valence-electron chi connectivity index (χ2n) is 3.01. The van der Waals surface area contributed by atoms with Crippen molar-refractivity contribution in [2.45, 2.75) is 0 Å². The molecule has 1 heterocycles. The van der Waals surface area contributed by atoms with Crippen LogP contribution in [-0.2, 0) is 0 Å². The molecule has 16 heavy (non-hydrogen) atoms. The summed E-state index contributed by atoms with van der Waals surface area (Å²) in [6, 6.07) is 8.41. The maximum Gasteiger partial charge on any atom is 0.290 e. The van der Waals surface area contributed by atoms with E-state index in [2.05, 4.69) is 21.0 Å². The molecule has 0 bridgehead atoms. The lowest BCUT2D eigenvalue weighted by atomic mass is 10.3. The fourth-order valence-electron chi connectivity index (χ4n) is 1.19. The van der Waals surface area contributed by atoms with E-state index in [1.54, 1.807) is 24.3 Å². The van der Waals surface area contributed by atoms with Gasteiger partial charge >= 0.3 is 0 Å². The smallest absolute Gasteiger partial charge is 0.266 e. The second-order valence-corrected chi connectivity index (χ2v) is 4.72. The van der Waals surface area contributed by atoms with E-state index in [1.807, 2.05) is 0 Å². The van der Waals surface area contributed by atoms with Gasteiger partial charge < -0.3 is 0 Å². The molecule has 2 aromatic rings.